The molecule has 4 aliphatic carbocycles. The van der Waals surface area contributed by atoms with E-state index in [1.807, 2.05) is 27.7 Å². The van der Waals surface area contributed by atoms with Crippen LogP contribution in [0, 0.1) is 46.8 Å². The van der Waals surface area contributed by atoms with Crippen molar-refractivity contribution >= 4 is 5.97 Å². The van der Waals surface area contributed by atoms with E-state index in [2.05, 4.69) is 6.08 Å². The highest BCUT2D eigenvalue weighted by atomic mass is 16.6. The van der Waals surface area contributed by atoms with Gasteiger partial charge in [0.1, 0.15) is 6.10 Å². The van der Waals surface area contributed by atoms with E-state index in [0.29, 0.717) is 6.42 Å². The van der Waals surface area contributed by atoms with Gasteiger partial charge in [-0.25, -0.2) is 0 Å². The maximum Gasteiger partial charge on any atom is 0.309 e. The number of aliphatic hydroxyl groups excluding tert-OH is 1. The standard InChI is InChI=1S/C25H36O6/c1-10-9-15-17-18(25(10,13(4)26)21(15)24(6,29)30)12(3)16-19(17)23(5,28)8-7-14-11(2)22(27)31-20(14)16/h9,11,13-15,17-21,26,28-30H,7-8H2,1-6H3/t11-,13-,14-,15+,17-,18-,19?,20-,21-,23-,25+/m0/s1. The van der Waals surface area contributed by atoms with E-state index in [-0.39, 0.29) is 47.6 Å². The number of ether oxygens (including phenoxy) is 1. The van der Waals surface area contributed by atoms with E-state index in [1.54, 1.807) is 6.92 Å². The Kier molecular flexibility index (Phi) is 4.34. The molecule has 0 amide bonds. The number of carbonyl (C=O) groups is 1. The monoisotopic (exact) mass is 432 g/mol. The third kappa shape index (κ3) is 2.40. The van der Waals surface area contributed by atoms with Crippen LogP contribution in [0.2, 0.25) is 0 Å². The molecule has 6 nitrogen and oxygen atoms in total. The molecule has 0 aromatic heterocycles. The van der Waals surface area contributed by atoms with Gasteiger partial charge in [0.15, 0.2) is 5.79 Å². The van der Waals surface area contributed by atoms with Crippen LogP contribution >= 0.6 is 0 Å². The van der Waals surface area contributed by atoms with Gasteiger partial charge in [0.25, 0.3) is 0 Å². The smallest absolute Gasteiger partial charge is 0.309 e. The van der Waals surface area contributed by atoms with Crippen LogP contribution in [-0.2, 0) is 9.53 Å². The first kappa shape index (κ1) is 21.6. The molecule has 31 heavy (non-hydrogen) atoms. The van der Waals surface area contributed by atoms with Crippen LogP contribution in [0.4, 0.5) is 0 Å². The Balaban J connectivity index is 1.74. The van der Waals surface area contributed by atoms with Crippen LogP contribution in [0.15, 0.2) is 22.8 Å². The summed E-state index contributed by atoms with van der Waals surface area (Å²) in [4.78, 5) is 12.5. The van der Waals surface area contributed by atoms with Crippen LogP contribution < -0.4 is 0 Å². The van der Waals surface area contributed by atoms with Crippen molar-refractivity contribution in [2.75, 3.05) is 0 Å². The molecule has 6 heteroatoms. The second kappa shape index (κ2) is 6.22. The molecule has 1 heterocycles. The average Bonchev–Trinajstić information content (AvgIpc) is 3.28. The quantitative estimate of drug-likeness (QED) is 0.303. The van der Waals surface area contributed by atoms with E-state index < -0.39 is 28.8 Å². The third-order valence-electron chi connectivity index (χ3n) is 9.90. The highest BCUT2D eigenvalue weighted by molar-refractivity contribution is 5.75. The minimum absolute atomic E-state index is 0.0405. The van der Waals surface area contributed by atoms with Gasteiger partial charge < -0.3 is 25.2 Å². The molecule has 0 aromatic carbocycles. The average molecular weight is 433 g/mol. The summed E-state index contributed by atoms with van der Waals surface area (Å²) in [6.07, 6.45) is 2.25. The fourth-order valence-electron chi connectivity index (χ4n) is 8.98. The number of rotatable bonds is 2. The zero-order chi connectivity index (χ0) is 22.8. The number of aliphatic hydroxyl groups is 4. The summed E-state index contributed by atoms with van der Waals surface area (Å²) in [5.74, 6) is -3.50. The minimum atomic E-state index is -1.96. The van der Waals surface area contributed by atoms with Crippen molar-refractivity contribution < 1.29 is 30.0 Å². The zero-order valence-corrected chi connectivity index (χ0v) is 19.3. The van der Waals surface area contributed by atoms with E-state index in [4.69, 9.17) is 4.74 Å². The van der Waals surface area contributed by atoms with Crippen LogP contribution in [0.5, 0.6) is 0 Å². The van der Waals surface area contributed by atoms with Crippen LogP contribution in [0.3, 0.4) is 0 Å². The number of hydrogen-bond acceptors (Lipinski definition) is 6. The Hall–Kier alpha value is -1.21. The van der Waals surface area contributed by atoms with Gasteiger partial charge in [-0.1, -0.05) is 24.1 Å². The summed E-state index contributed by atoms with van der Waals surface area (Å²) < 4.78 is 5.92. The Morgan fingerprint density at radius 1 is 1.26 bits per heavy atom. The van der Waals surface area contributed by atoms with Crippen molar-refractivity contribution in [2.45, 2.75) is 78.0 Å². The van der Waals surface area contributed by atoms with Crippen molar-refractivity contribution in [3.05, 3.63) is 22.8 Å². The molecule has 3 fully saturated rings. The highest BCUT2D eigenvalue weighted by Crippen LogP contribution is 2.75. The third-order valence-corrected chi connectivity index (χ3v) is 9.90. The second-order valence-corrected chi connectivity index (χ2v) is 11.5. The first-order valence-electron chi connectivity index (χ1n) is 11.7. The largest absolute Gasteiger partial charge is 0.457 e. The lowest BCUT2D eigenvalue weighted by atomic mass is 9.61. The predicted octanol–water partition coefficient (Wildman–Crippen LogP) is 2.16. The maximum absolute atomic E-state index is 12.5. The fourth-order valence-corrected chi connectivity index (χ4v) is 8.98. The van der Waals surface area contributed by atoms with Crippen molar-refractivity contribution in [2.24, 2.45) is 46.8 Å². The van der Waals surface area contributed by atoms with Crippen molar-refractivity contribution in [1.82, 2.24) is 0 Å². The lowest BCUT2D eigenvalue weighted by Crippen LogP contribution is -2.51. The number of allylic oxidation sites excluding steroid dienone is 2. The van der Waals surface area contributed by atoms with Gasteiger partial charge in [0, 0.05) is 23.2 Å². The Labute approximate surface area is 184 Å². The highest BCUT2D eigenvalue weighted by Gasteiger charge is 2.75. The molecule has 1 unspecified atom stereocenters. The molecule has 0 radical (unpaired) electrons. The van der Waals surface area contributed by atoms with Gasteiger partial charge >= 0.3 is 5.97 Å². The zero-order valence-electron chi connectivity index (χ0n) is 19.3. The molecular formula is C25H36O6. The molecule has 172 valence electrons. The summed E-state index contributed by atoms with van der Waals surface area (Å²) in [5.41, 5.74) is 1.24. The molecular weight excluding hydrogens is 396 g/mol. The fraction of sp³-hybridized carbons (Fsp3) is 0.800. The molecule has 5 rings (SSSR count). The summed E-state index contributed by atoms with van der Waals surface area (Å²) in [5, 5.41) is 44.5. The van der Waals surface area contributed by atoms with E-state index in [1.165, 1.54) is 6.92 Å². The SMILES string of the molecule is CC1=C[C@@H]2[C@@H]3C4C(=C(C)[C@@H]3[C@@]1([C@H](C)O)[C@@H]2C(C)(O)O)[C@H]1OC(=O)[C@@H](C)[C@@H]1CC[C@]4(C)O. The van der Waals surface area contributed by atoms with Crippen LogP contribution in [-0.4, -0.2) is 50.0 Å². The number of carbonyl (C=O) groups excluding carboxylic acids is 1. The van der Waals surface area contributed by atoms with Gasteiger partial charge in [-0.05, 0) is 70.8 Å². The van der Waals surface area contributed by atoms with E-state index in [9.17, 15) is 25.2 Å². The first-order chi connectivity index (χ1) is 14.3. The number of esters is 1. The summed E-state index contributed by atoms with van der Waals surface area (Å²) >= 11 is 0. The number of fused-ring (bicyclic) bond motifs is 9. The summed E-state index contributed by atoms with van der Waals surface area (Å²) in [7, 11) is 0. The molecule has 0 spiro atoms. The van der Waals surface area contributed by atoms with Gasteiger partial charge in [0.05, 0.1) is 17.6 Å². The lowest BCUT2D eigenvalue weighted by molar-refractivity contribution is -0.219. The van der Waals surface area contributed by atoms with Gasteiger partial charge in [-0.2, -0.15) is 0 Å². The lowest BCUT2D eigenvalue weighted by Gasteiger charge is -2.46. The van der Waals surface area contributed by atoms with Crippen LogP contribution in [0.25, 0.3) is 0 Å². The van der Waals surface area contributed by atoms with Gasteiger partial charge in [-0.3, -0.25) is 4.79 Å². The van der Waals surface area contributed by atoms with Crippen molar-refractivity contribution in [1.29, 1.82) is 0 Å². The Bertz CT molecular complexity index is 892. The summed E-state index contributed by atoms with van der Waals surface area (Å²) in [6.45, 7) is 11.0. The molecule has 2 bridgehead atoms. The first-order valence-corrected chi connectivity index (χ1v) is 11.7. The Morgan fingerprint density at radius 2 is 1.90 bits per heavy atom. The molecule has 1 saturated heterocycles. The van der Waals surface area contributed by atoms with Crippen molar-refractivity contribution in [3.63, 3.8) is 0 Å². The normalized spacial score (nSPS) is 51.8. The maximum atomic E-state index is 12.5. The molecule has 2 saturated carbocycles. The molecule has 1 aliphatic heterocycles. The van der Waals surface area contributed by atoms with E-state index >= 15 is 0 Å². The minimum Gasteiger partial charge on any atom is -0.457 e. The van der Waals surface area contributed by atoms with Gasteiger partial charge in [-0.15, -0.1) is 0 Å². The summed E-state index contributed by atoms with van der Waals surface area (Å²) in [6, 6.07) is 0. The molecule has 5 aliphatic rings. The van der Waals surface area contributed by atoms with Crippen molar-refractivity contribution in [3.8, 4) is 0 Å². The van der Waals surface area contributed by atoms with Gasteiger partial charge in [0.2, 0.25) is 0 Å². The number of hydrogen-bond donors (Lipinski definition) is 4. The molecule has 0 aromatic rings. The molecule has 11 atom stereocenters. The predicted molar refractivity (Wildman–Crippen MR) is 113 cm³/mol. The van der Waals surface area contributed by atoms with Crippen LogP contribution in [0.1, 0.15) is 54.4 Å². The Morgan fingerprint density at radius 3 is 2.48 bits per heavy atom. The topological polar surface area (TPSA) is 107 Å². The second-order valence-electron chi connectivity index (χ2n) is 11.5. The van der Waals surface area contributed by atoms with E-state index in [0.717, 1.165) is 23.1 Å². The molecule has 4 N–H and O–H groups in total.